The Labute approximate surface area is 184 Å². The van der Waals surface area contributed by atoms with Gasteiger partial charge in [-0.25, -0.2) is 14.4 Å². The van der Waals surface area contributed by atoms with Crippen molar-refractivity contribution in [2.45, 2.75) is 5.03 Å². The number of aromatic amines is 1. The first kappa shape index (κ1) is 21.1. The van der Waals surface area contributed by atoms with Crippen LogP contribution in [0, 0.1) is 5.82 Å². The first-order valence-electron chi connectivity index (χ1n) is 9.18. The summed E-state index contributed by atoms with van der Waals surface area (Å²) in [4.78, 5) is 39.9. The molecule has 0 aliphatic rings. The van der Waals surface area contributed by atoms with Gasteiger partial charge in [-0.3, -0.25) is 9.59 Å². The molecule has 4 rings (SSSR count). The zero-order valence-corrected chi connectivity index (χ0v) is 17.1. The predicted octanol–water partition coefficient (Wildman–Crippen LogP) is 2.76. The number of carbonyl (C=O) groups is 2. The van der Waals surface area contributed by atoms with E-state index in [4.69, 9.17) is 5.73 Å². The number of hydrogen-bond acceptors (Lipinski definition) is 8. The van der Waals surface area contributed by atoms with Crippen molar-refractivity contribution in [1.29, 1.82) is 0 Å². The molecule has 12 heteroatoms. The van der Waals surface area contributed by atoms with Crippen LogP contribution in [0.15, 0.2) is 53.8 Å². The number of aromatic nitrogens is 4. The van der Waals surface area contributed by atoms with Crippen LogP contribution in [0.3, 0.4) is 0 Å². The van der Waals surface area contributed by atoms with Crippen LogP contribution in [0.1, 0.15) is 10.4 Å². The maximum absolute atomic E-state index is 13.0. The predicted molar refractivity (Wildman–Crippen MR) is 118 cm³/mol. The highest BCUT2D eigenvalue weighted by Crippen LogP contribution is 2.25. The number of hydrogen-bond donors (Lipinski definition) is 5. The maximum atomic E-state index is 13.0. The number of phenolic OH excluding ortho intramolecular Hbond substituents is 1. The Bertz CT molecular complexity index is 1310. The molecule has 4 aromatic rings. The average molecular weight is 453 g/mol. The second kappa shape index (κ2) is 8.89. The van der Waals surface area contributed by atoms with Gasteiger partial charge in [-0.15, -0.1) is 0 Å². The third-order valence-corrected chi connectivity index (χ3v) is 5.21. The summed E-state index contributed by atoms with van der Waals surface area (Å²) in [6.07, 6.45) is 1.46. The Hall–Kier alpha value is -4.19. The van der Waals surface area contributed by atoms with Crippen LogP contribution in [0.2, 0.25) is 0 Å². The molecule has 0 bridgehead atoms. The summed E-state index contributed by atoms with van der Waals surface area (Å²) in [5.41, 5.74) is 7.25. The van der Waals surface area contributed by atoms with Crippen LogP contribution in [0.5, 0.6) is 5.75 Å². The van der Waals surface area contributed by atoms with E-state index < -0.39 is 11.7 Å². The summed E-state index contributed by atoms with van der Waals surface area (Å²) < 4.78 is 13.0. The number of amides is 2. The van der Waals surface area contributed by atoms with E-state index >= 15 is 0 Å². The zero-order chi connectivity index (χ0) is 22.7. The van der Waals surface area contributed by atoms with E-state index in [9.17, 15) is 19.1 Å². The van der Waals surface area contributed by atoms with Crippen molar-refractivity contribution in [3.63, 3.8) is 0 Å². The number of halogens is 1. The Morgan fingerprint density at radius 2 is 1.84 bits per heavy atom. The molecule has 0 radical (unpaired) electrons. The number of nitrogens with one attached hydrogen (secondary N) is 3. The lowest BCUT2D eigenvalue weighted by Gasteiger charge is -2.10. The fourth-order valence-corrected chi connectivity index (χ4v) is 3.58. The van der Waals surface area contributed by atoms with Gasteiger partial charge in [-0.05, 0) is 42.5 Å². The number of thioether (sulfide) groups is 1. The molecule has 32 heavy (non-hydrogen) atoms. The number of nitrogen functional groups attached to an aromatic ring is 1. The molecule has 0 saturated carbocycles. The lowest BCUT2D eigenvalue weighted by molar-refractivity contribution is -0.113. The van der Waals surface area contributed by atoms with Crippen molar-refractivity contribution in [1.82, 2.24) is 19.9 Å². The van der Waals surface area contributed by atoms with Gasteiger partial charge in [0.15, 0.2) is 5.65 Å². The number of nitrogens with two attached hydrogens (primary N) is 1. The number of rotatable bonds is 6. The number of nitrogens with zero attached hydrogens (tertiary/aromatic N) is 3. The van der Waals surface area contributed by atoms with Gasteiger partial charge in [-0.1, -0.05) is 11.8 Å². The summed E-state index contributed by atoms with van der Waals surface area (Å²) in [5.74, 6) is -1.64. The molecular formula is C20H16FN7O3S. The summed E-state index contributed by atoms with van der Waals surface area (Å²) in [5, 5.41) is 15.7. The lowest BCUT2D eigenvalue weighted by Crippen LogP contribution is -2.16. The van der Waals surface area contributed by atoms with Crippen LogP contribution in [-0.2, 0) is 4.79 Å². The third-order valence-electron chi connectivity index (χ3n) is 4.24. The van der Waals surface area contributed by atoms with E-state index in [2.05, 4.69) is 30.6 Å². The van der Waals surface area contributed by atoms with Gasteiger partial charge in [0, 0.05) is 11.4 Å². The molecule has 162 valence electrons. The minimum Gasteiger partial charge on any atom is -0.507 e. The summed E-state index contributed by atoms with van der Waals surface area (Å²) in [7, 11) is 0. The molecule has 2 aromatic carbocycles. The van der Waals surface area contributed by atoms with Gasteiger partial charge in [0.2, 0.25) is 11.9 Å². The van der Waals surface area contributed by atoms with Crippen molar-refractivity contribution in [2.75, 3.05) is 22.1 Å². The number of benzene rings is 2. The number of H-pyrrole nitrogens is 1. The van der Waals surface area contributed by atoms with Gasteiger partial charge in [0.05, 0.1) is 17.6 Å². The van der Waals surface area contributed by atoms with E-state index in [-0.39, 0.29) is 28.9 Å². The SMILES string of the molecule is Nc1nc(SCC(=O)Nc2ccc(O)c(C(=O)Nc3ccc(F)cc3)c2)c2[nH]cnc2n1. The number of phenols is 1. The molecule has 2 aromatic heterocycles. The van der Waals surface area contributed by atoms with Crippen molar-refractivity contribution < 1.29 is 19.1 Å². The normalized spacial score (nSPS) is 10.8. The average Bonchev–Trinajstić information content (AvgIpc) is 3.23. The topological polar surface area (TPSA) is 159 Å². The molecule has 0 atom stereocenters. The monoisotopic (exact) mass is 453 g/mol. The van der Waals surface area contributed by atoms with Gasteiger partial charge in [-0.2, -0.15) is 4.98 Å². The molecule has 6 N–H and O–H groups in total. The van der Waals surface area contributed by atoms with Crippen LogP contribution in [0.25, 0.3) is 11.2 Å². The largest absolute Gasteiger partial charge is 0.507 e. The summed E-state index contributed by atoms with van der Waals surface area (Å²) in [6, 6.07) is 9.28. The van der Waals surface area contributed by atoms with Gasteiger partial charge in [0.25, 0.3) is 5.91 Å². The van der Waals surface area contributed by atoms with Crippen LogP contribution in [-0.4, -0.2) is 42.6 Å². The molecule has 0 aliphatic carbocycles. The third kappa shape index (κ3) is 4.75. The van der Waals surface area contributed by atoms with Crippen LogP contribution >= 0.6 is 11.8 Å². The highest BCUT2D eigenvalue weighted by atomic mass is 32.2. The minimum absolute atomic E-state index is 0.00254. The number of fused-ring (bicyclic) bond motifs is 1. The van der Waals surface area contributed by atoms with E-state index in [1.54, 1.807) is 0 Å². The Balaban J connectivity index is 1.42. The first-order chi connectivity index (χ1) is 15.4. The van der Waals surface area contributed by atoms with Gasteiger partial charge in [0.1, 0.15) is 22.1 Å². The Morgan fingerprint density at radius 1 is 1.09 bits per heavy atom. The lowest BCUT2D eigenvalue weighted by atomic mass is 10.1. The van der Waals surface area contributed by atoms with Crippen molar-refractivity contribution in [3.05, 3.63) is 60.2 Å². The zero-order valence-electron chi connectivity index (χ0n) is 16.3. The molecule has 0 fully saturated rings. The highest BCUT2D eigenvalue weighted by Gasteiger charge is 2.15. The second-order valence-electron chi connectivity index (χ2n) is 6.52. The highest BCUT2D eigenvalue weighted by molar-refractivity contribution is 8.00. The first-order valence-corrected chi connectivity index (χ1v) is 10.2. The molecular weight excluding hydrogens is 437 g/mol. The number of carbonyl (C=O) groups excluding carboxylic acids is 2. The van der Waals surface area contributed by atoms with Crippen LogP contribution < -0.4 is 16.4 Å². The van der Waals surface area contributed by atoms with E-state index in [0.29, 0.717) is 27.6 Å². The van der Waals surface area contributed by atoms with Crippen molar-refractivity contribution in [2.24, 2.45) is 0 Å². The molecule has 0 spiro atoms. The quantitative estimate of drug-likeness (QED) is 0.169. The summed E-state index contributed by atoms with van der Waals surface area (Å²) in [6.45, 7) is 0. The Kier molecular flexibility index (Phi) is 5.85. The number of aromatic hydroxyl groups is 1. The van der Waals surface area contributed by atoms with E-state index in [1.165, 1.54) is 48.8 Å². The number of imidazole rings is 1. The van der Waals surface area contributed by atoms with E-state index in [1.807, 2.05) is 0 Å². The van der Waals surface area contributed by atoms with Gasteiger partial charge >= 0.3 is 0 Å². The van der Waals surface area contributed by atoms with Crippen molar-refractivity contribution >= 4 is 52.1 Å². The number of anilines is 3. The molecule has 0 aliphatic heterocycles. The molecule has 0 saturated heterocycles. The molecule has 2 amide bonds. The van der Waals surface area contributed by atoms with E-state index in [0.717, 1.165) is 11.8 Å². The minimum atomic E-state index is -0.613. The molecule has 0 unspecified atom stereocenters. The van der Waals surface area contributed by atoms with Gasteiger partial charge < -0.3 is 26.5 Å². The molecule has 2 heterocycles. The Morgan fingerprint density at radius 3 is 2.62 bits per heavy atom. The maximum Gasteiger partial charge on any atom is 0.259 e. The van der Waals surface area contributed by atoms with Crippen molar-refractivity contribution in [3.8, 4) is 5.75 Å². The molecule has 10 nitrogen and oxygen atoms in total. The fraction of sp³-hybridized carbons (Fsp3) is 0.0500. The van der Waals surface area contributed by atoms with Crippen LogP contribution in [0.4, 0.5) is 21.7 Å². The second-order valence-corrected chi connectivity index (χ2v) is 7.48. The fourth-order valence-electron chi connectivity index (χ4n) is 2.79. The standard InChI is InChI=1S/C20H16FN7O3S/c21-10-1-3-11(4-2-10)26-18(31)13-7-12(5-6-14(13)29)25-15(30)8-32-19-16-17(24-9-23-16)27-20(22)28-19/h1-7,9,29H,8H2,(H,25,30)(H,26,31)(H3,22,23,24,27,28). The smallest absolute Gasteiger partial charge is 0.259 e. The summed E-state index contributed by atoms with van der Waals surface area (Å²) >= 11 is 1.14.